The van der Waals surface area contributed by atoms with E-state index in [1.54, 1.807) is 18.9 Å². The van der Waals surface area contributed by atoms with Gasteiger partial charge in [-0.15, -0.1) is 0 Å². The number of nitro groups is 1. The Bertz CT molecular complexity index is 853. The summed E-state index contributed by atoms with van der Waals surface area (Å²) >= 11 is 5.39. The number of thiocarbonyl (C=S) groups is 1. The molecule has 8 nitrogen and oxygen atoms in total. The summed E-state index contributed by atoms with van der Waals surface area (Å²) in [4.78, 5) is 25.3. The number of ketones is 1. The highest BCUT2D eigenvalue weighted by Gasteiger charge is 2.34. The number of nitrogens with one attached hydrogen (secondary N) is 1. The lowest BCUT2D eigenvalue weighted by molar-refractivity contribution is -0.386. The van der Waals surface area contributed by atoms with E-state index in [1.807, 2.05) is 13.8 Å². The molecule has 1 aromatic carbocycles. The molecule has 158 valence electrons. The van der Waals surface area contributed by atoms with Crippen LogP contribution in [0.25, 0.3) is 0 Å². The molecule has 1 aliphatic heterocycles. The Kier molecular flexibility index (Phi) is 7.55. The SMILES string of the molecule is CCCOc1cc(OCCC)c([N+](=O)[O-])cc1C1NC(=S)N(C)C(C)=C1C(C)=O. The molecule has 0 saturated carbocycles. The first kappa shape index (κ1) is 22.6. The number of nitro benzene ring substituents is 1. The molecule has 0 fully saturated rings. The number of benzene rings is 1. The molecule has 0 saturated heterocycles. The van der Waals surface area contributed by atoms with Gasteiger partial charge in [-0.25, -0.2) is 0 Å². The van der Waals surface area contributed by atoms with Crippen LogP contribution in [0, 0.1) is 10.1 Å². The highest BCUT2D eigenvalue weighted by molar-refractivity contribution is 7.80. The summed E-state index contributed by atoms with van der Waals surface area (Å²) in [7, 11) is 1.77. The van der Waals surface area contributed by atoms with Crippen molar-refractivity contribution in [3.63, 3.8) is 0 Å². The predicted octanol–water partition coefficient (Wildman–Crippen LogP) is 3.90. The first-order valence-corrected chi connectivity index (χ1v) is 9.97. The number of hydrogen-bond donors (Lipinski definition) is 1. The molecule has 2 rings (SSSR count). The number of ether oxygens (including phenoxy) is 2. The molecule has 0 bridgehead atoms. The van der Waals surface area contributed by atoms with Gasteiger partial charge in [0.1, 0.15) is 5.75 Å². The summed E-state index contributed by atoms with van der Waals surface area (Å²) in [5, 5.41) is 15.2. The summed E-state index contributed by atoms with van der Waals surface area (Å²) in [6.45, 7) is 7.93. The van der Waals surface area contributed by atoms with Crippen LogP contribution in [-0.4, -0.2) is 41.0 Å². The van der Waals surface area contributed by atoms with E-state index in [0.29, 0.717) is 47.3 Å². The molecule has 0 spiro atoms. The van der Waals surface area contributed by atoms with Crippen LogP contribution in [0.2, 0.25) is 0 Å². The maximum atomic E-state index is 12.4. The highest BCUT2D eigenvalue weighted by Crippen LogP contribution is 2.41. The van der Waals surface area contributed by atoms with Crippen LogP contribution in [-0.2, 0) is 4.79 Å². The van der Waals surface area contributed by atoms with E-state index in [1.165, 1.54) is 19.1 Å². The lowest BCUT2D eigenvalue weighted by Crippen LogP contribution is -2.45. The Labute approximate surface area is 176 Å². The molecular formula is C20H27N3O5S. The summed E-state index contributed by atoms with van der Waals surface area (Å²) < 4.78 is 11.5. The summed E-state index contributed by atoms with van der Waals surface area (Å²) in [5.41, 5.74) is 1.49. The minimum atomic E-state index is -0.651. The molecule has 1 N–H and O–H groups in total. The second-order valence-corrected chi connectivity index (χ2v) is 7.20. The van der Waals surface area contributed by atoms with Crippen LogP contribution in [0.4, 0.5) is 5.69 Å². The average Bonchev–Trinajstić information content (AvgIpc) is 2.67. The zero-order valence-electron chi connectivity index (χ0n) is 17.4. The number of carbonyl (C=O) groups is 1. The van der Waals surface area contributed by atoms with E-state index in [2.05, 4.69) is 5.32 Å². The van der Waals surface area contributed by atoms with Gasteiger partial charge in [-0.2, -0.15) is 0 Å². The minimum Gasteiger partial charge on any atom is -0.493 e. The third kappa shape index (κ3) is 4.84. The molecule has 9 heteroatoms. The van der Waals surface area contributed by atoms with Crippen LogP contribution >= 0.6 is 12.2 Å². The topological polar surface area (TPSA) is 93.9 Å². The fraction of sp³-hybridized carbons (Fsp3) is 0.500. The Balaban J connectivity index is 2.70. The molecule has 1 heterocycles. The lowest BCUT2D eigenvalue weighted by Gasteiger charge is -2.36. The monoisotopic (exact) mass is 421 g/mol. The second-order valence-electron chi connectivity index (χ2n) is 6.81. The van der Waals surface area contributed by atoms with Crippen molar-refractivity contribution < 1.29 is 19.2 Å². The first-order chi connectivity index (χ1) is 13.7. The van der Waals surface area contributed by atoms with Crippen molar-refractivity contribution in [2.45, 2.75) is 46.6 Å². The molecule has 29 heavy (non-hydrogen) atoms. The smallest absolute Gasteiger partial charge is 0.311 e. The molecule has 1 aliphatic rings. The molecule has 0 amide bonds. The number of allylic oxidation sites excluding steroid dienone is 1. The number of Topliss-reactive ketones (excluding diaryl/α,β-unsaturated/α-hetero) is 1. The molecule has 0 aliphatic carbocycles. The van der Waals surface area contributed by atoms with E-state index < -0.39 is 11.0 Å². The Morgan fingerprint density at radius 1 is 1.24 bits per heavy atom. The third-order valence-electron chi connectivity index (χ3n) is 4.66. The number of carbonyl (C=O) groups excluding carboxylic acids is 1. The summed E-state index contributed by atoms with van der Waals surface area (Å²) in [5.74, 6) is 0.428. The van der Waals surface area contributed by atoms with E-state index in [-0.39, 0.29) is 17.2 Å². The van der Waals surface area contributed by atoms with Gasteiger partial charge in [0.05, 0.1) is 24.2 Å². The fourth-order valence-electron chi connectivity index (χ4n) is 3.12. The Hall–Kier alpha value is -2.68. The second kappa shape index (κ2) is 9.69. The van der Waals surface area contributed by atoms with E-state index in [9.17, 15) is 14.9 Å². The Morgan fingerprint density at radius 3 is 2.34 bits per heavy atom. The van der Waals surface area contributed by atoms with Gasteiger partial charge in [-0.3, -0.25) is 14.9 Å². The number of hydrogen-bond acceptors (Lipinski definition) is 6. The molecule has 1 unspecified atom stereocenters. The van der Waals surface area contributed by atoms with Gasteiger partial charge in [0, 0.05) is 36.0 Å². The molecule has 1 aromatic rings. The van der Waals surface area contributed by atoms with Crippen molar-refractivity contribution in [2.24, 2.45) is 0 Å². The van der Waals surface area contributed by atoms with Crippen LogP contribution in [0.1, 0.15) is 52.1 Å². The standard InChI is InChI=1S/C20H27N3O5S/c1-6-8-27-16-11-17(28-9-7-2)15(23(25)26)10-14(16)19-18(13(4)24)12(3)22(5)20(29)21-19/h10-11,19H,6-9H2,1-5H3,(H,21,29). The van der Waals surface area contributed by atoms with Crippen molar-refractivity contribution in [3.05, 3.63) is 39.1 Å². The van der Waals surface area contributed by atoms with Crippen molar-refractivity contribution in [3.8, 4) is 11.5 Å². The normalized spacial score (nSPS) is 16.5. The van der Waals surface area contributed by atoms with Crippen LogP contribution in [0.15, 0.2) is 23.4 Å². The molecular weight excluding hydrogens is 394 g/mol. The van der Waals surface area contributed by atoms with Crippen LogP contribution in [0.3, 0.4) is 0 Å². The van der Waals surface area contributed by atoms with E-state index >= 15 is 0 Å². The molecule has 1 atom stereocenters. The van der Waals surface area contributed by atoms with E-state index in [0.717, 1.165) is 6.42 Å². The van der Waals surface area contributed by atoms with Gasteiger partial charge >= 0.3 is 5.69 Å². The summed E-state index contributed by atoms with van der Waals surface area (Å²) in [6, 6.07) is 2.30. The van der Waals surface area contributed by atoms with Gasteiger partial charge in [0.25, 0.3) is 0 Å². The molecule has 0 radical (unpaired) electrons. The van der Waals surface area contributed by atoms with E-state index in [4.69, 9.17) is 21.7 Å². The minimum absolute atomic E-state index is 0.146. The van der Waals surface area contributed by atoms with Crippen molar-refractivity contribution in [2.75, 3.05) is 20.3 Å². The largest absolute Gasteiger partial charge is 0.493 e. The van der Waals surface area contributed by atoms with Gasteiger partial charge < -0.3 is 19.7 Å². The summed E-state index contributed by atoms with van der Waals surface area (Å²) in [6.07, 6.45) is 1.47. The number of nitrogens with zero attached hydrogens (tertiary/aromatic N) is 2. The fourth-order valence-corrected chi connectivity index (χ4v) is 3.38. The van der Waals surface area contributed by atoms with Crippen LogP contribution < -0.4 is 14.8 Å². The first-order valence-electron chi connectivity index (χ1n) is 9.56. The van der Waals surface area contributed by atoms with Gasteiger partial charge in [-0.05, 0) is 38.9 Å². The molecule has 0 aromatic heterocycles. The van der Waals surface area contributed by atoms with Gasteiger partial charge in [0.15, 0.2) is 10.9 Å². The number of rotatable bonds is 9. The third-order valence-corrected chi connectivity index (χ3v) is 5.05. The highest BCUT2D eigenvalue weighted by atomic mass is 32.1. The maximum absolute atomic E-state index is 12.4. The maximum Gasteiger partial charge on any atom is 0.311 e. The predicted molar refractivity (Wildman–Crippen MR) is 114 cm³/mol. The van der Waals surface area contributed by atoms with Crippen molar-refractivity contribution in [1.29, 1.82) is 0 Å². The van der Waals surface area contributed by atoms with Gasteiger partial charge in [-0.1, -0.05) is 13.8 Å². The zero-order valence-corrected chi connectivity index (χ0v) is 18.2. The van der Waals surface area contributed by atoms with Crippen LogP contribution in [0.5, 0.6) is 11.5 Å². The van der Waals surface area contributed by atoms with Gasteiger partial charge in [0.2, 0.25) is 5.75 Å². The Morgan fingerprint density at radius 2 is 1.83 bits per heavy atom. The van der Waals surface area contributed by atoms with Crippen molar-refractivity contribution >= 4 is 28.8 Å². The lowest BCUT2D eigenvalue weighted by atomic mass is 9.91. The van der Waals surface area contributed by atoms with Crippen molar-refractivity contribution in [1.82, 2.24) is 10.2 Å². The average molecular weight is 422 g/mol. The quantitative estimate of drug-likeness (QED) is 0.365. The zero-order chi connectivity index (χ0) is 21.7.